The predicted octanol–water partition coefficient (Wildman–Crippen LogP) is 3.60. The van der Waals surface area contributed by atoms with Crippen LogP contribution >= 0.6 is 0 Å². The molecule has 0 aromatic heterocycles. The number of benzene rings is 1. The molecule has 0 aliphatic heterocycles. The molecule has 0 aliphatic rings. The number of hydrogen-bond donors (Lipinski definition) is 0. The summed E-state index contributed by atoms with van der Waals surface area (Å²) in [6.45, 7) is 9.65. The van der Waals surface area contributed by atoms with Crippen LogP contribution in [0.1, 0.15) is 31.4 Å². The minimum absolute atomic E-state index is 0.794. The van der Waals surface area contributed by atoms with E-state index >= 15 is 0 Å². The maximum atomic E-state index is 5.96. The van der Waals surface area contributed by atoms with E-state index in [-0.39, 0.29) is 0 Å². The molecule has 0 amide bonds. The Labute approximate surface area is 119 Å². The van der Waals surface area contributed by atoms with Gasteiger partial charge in [-0.2, -0.15) is 0 Å². The van der Waals surface area contributed by atoms with Gasteiger partial charge in [0.15, 0.2) is 0 Å². The van der Waals surface area contributed by atoms with E-state index in [0.29, 0.717) is 0 Å². The highest BCUT2D eigenvalue weighted by molar-refractivity contribution is 6.51. The lowest BCUT2D eigenvalue weighted by molar-refractivity contribution is 0.171. The molecule has 1 unspecified atom stereocenters. The third-order valence-electron chi connectivity index (χ3n) is 3.14. The zero-order valence-electron chi connectivity index (χ0n) is 12.2. The Hall–Kier alpha value is -0.903. The molecule has 0 saturated heterocycles. The molecule has 0 radical (unpaired) electrons. The molecule has 1 atom stereocenters. The molecule has 19 heavy (non-hydrogen) atoms. The third kappa shape index (κ3) is 6.71. The fourth-order valence-electron chi connectivity index (χ4n) is 1.88. The summed E-state index contributed by atoms with van der Waals surface area (Å²) in [5.41, 5.74) is 2.55. The van der Waals surface area contributed by atoms with Crippen LogP contribution in [0.5, 0.6) is 0 Å². The highest BCUT2D eigenvalue weighted by Gasteiger charge is 2.08. The van der Waals surface area contributed by atoms with Gasteiger partial charge in [-0.15, -0.1) is 0 Å². The van der Waals surface area contributed by atoms with Crippen LogP contribution in [-0.2, 0) is 15.6 Å². The second kappa shape index (κ2) is 9.95. The SMILES string of the molecule is C=Cc1ccc(CCCO[SiH](CC)COCC)cc1. The summed E-state index contributed by atoms with van der Waals surface area (Å²) in [5.74, 6) is 0. The van der Waals surface area contributed by atoms with Crippen LogP contribution in [0.2, 0.25) is 6.04 Å². The van der Waals surface area contributed by atoms with E-state index < -0.39 is 9.04 Å². The molecule has 1 aromatic carbocycles. The van der Waals surface area contributed by atoms with Crippen LogP contribution in [0.3, 0.4) is 0 Å². The van der Waals surface area contributed by atoms with E-state index in [2.05, 4.69) is 37.8 Å². The molecular formula is C16H26O2Si. The topological polar surface area (TPSA) is 18.5 Å². The average Bonchev–Trinajstić information content (AvgIpc) is 2.47. The molecule has 0 spiro atoms. The summed E-state index contributed by atoms with van der Waals surface area (Å²) < 4.78 is 11.4. The fourth-order valence-corrected chi connectivity index (χ4v) is 3.45. The van der Waals surface area contributed by atoms with Gasteiger partial charge in [-0.05, 0) is 36.9 Å². The minimum atomic E-state index is -1.10. The normalized spacial score (nSPS) is 12.3. The van der Waals surface area contributed by atoms with Gasteiger partial charge < -0.3 is 9.16 Å². The molecule has 0 N–H and O–H groups in total. The Morgan fingerprint density at radius 2 is 1.95 bits per heavy atom. The summed E-state index contributed by atoms with van der Waals surface area (Å²) in [6, 6.07) is 9.72. The van der Waals surface area contributed by atoms with Crippen molar-refractivity contribution in [3.63, 3.8) is 0 Å². The van der Waals surface area contributed by atoms with E-state index in [1.807, 2.05) is 13.0 Å². The Morgan fingerprint density at radius 1 is 1.21 bits per heavy atom. The Morgan fingerprint density at radius 3 is 2.53 bits per heavy atom. The number of aryl methyl sites for hydroxylation is 1. The molecule has 1 aromatic rings. The van der Waals surface area contributed by atoms with Crippen LogP contribution in [0.25, 0.3) is 6.08 Å². The first kappa shape index (κ1) is 16.2. The van der Waals surface area contributed by atoms with Crippen molar-refractivity contribution in [3.8, 4) is 0 Å². The van der Waals surface area contributed by atoms with E-state index in [1.54, 1.807) is 0 Å². The molecule has 3 heteroatoms. The lowest BCUT2D eigenvalue weighted by Gasteiger charge is -2.14. The van der Waals surface area contributed by atoms with Crippen LogP contribution < -0.4 is 0 Å². The number of hydrogen-bond acceptors (Lipinski definition) is 2. The van der Waals surface area contributed by atoms with Gasteiger partial charge in [0.1, 0.15) is 0 Å². The second-order valence-electron chi connectivity index (χ2n) is 4.61. The Balaban J connectivity index is 2.19. The van der Waals surface area contributed by atoms with Gasteiger partial charge in [0.25, 0.3) is 0 Å². The van der Waals surface area contributed by atoms with E-state index in [4.69, 9.17) is 9.16 Å². The first-order valence-corrected chi connectivity index (χ1v) is 9.31. The molecule has 0 heterocycles. The van der Waals surface area contributed by atoms with E-state index in [0.717, 1.165) is 38.3 Å². The van der Waals surface area contributed by atoms with Crippen molar-refractivity contribution in [2.24, 2.45) is 0 Å². The second-order valence-corrected chi connectivity index (χ2v) is 7.34. The van der Waals surface area contributed by atoms with Crippen molar-refractivity contribution in [2.75, 3.05) is 19.4 Å². The van der Waals surface area contributed by atoms with Gasteiger partial charge >= 0.3 is 0 Å². The molecule has 0 bridgehead atoms. The van der Waals surface area contributed by atoms with Crippen molar-refractivity contribution in [2.45, 2.75) is 32.7 Å². The predicted molar refractivity (Wildman–Crippen MR) is 84.9 cm³/mol. The van der Waals surface area contributed by atoms with Crippen LogP contribution in [0.15, 0.2) is 30.8 Å². The van der Waals surface area contributed by atoms with Gasteiger partial charge in [0.05, 0.1) is 6.23 Å². The summed E-state index contributed by atoms with van der Waals surface area (Å²) in [5, 5.41) is 0. The highest BCUT2D eigenvalue weighted by atomic mass is 28.3. The van der Waals surface area contributed by atoms with Crippen molar-refractivity contribution in [1.29, 1.82) is 0 Å². The van der Waals surface area contributed by atoms with E-state index in [1.165, 1.54) is 11.1 Å². The monoisotopic (exact) mass is 278 g/mol. The maximum Gasteiger partial charge on any atom is 0.201 e. The average molecular weight is 278 g/mol. The summed E-state index contributed by atoms with van der Waals surface area (Å²) in [4.78, 5) is 0. The summed E-state index contributed by atoms with van der Waals surface area (Å²) in [7, 11) is -1.10. The van der Waals surface area contributed by atoms with Crippen molar-refractivity contribution in [3.05, 3.63) is 42.0 Å². The van der Waals surface area contributed by atoms with Crippen LogP contribution in [-0.4, -0.2) is 28.5 Å². The number of rotatable bonds is 10. The molecule has 1 rings (SSSR count). The van der Waals surface area contributed by atoms with Gasteiger partial charge in [0, 0.05) is 13.2 Å². The van der Waals surface area contributed by atoms with Gasteiger partial charge in [-0.25, -0.2) is 0 Å². The zero-order chi connectivity index (χ0) is 13.9. The van der Waals surface area contributed by atoms with Crippen molar-refractivity contribution < 1.29 is 9.16 Å². The molecule has 0 fully saturated rings. The lowest BCUT2D eigenvalue weighted by atomic mass is 10.1. The van der Waals surface area contributed by atoms with Crippen LogP contribution in [0, 0.1) is 0 Å². The summed E-state index contributed by atoms with van der Waals surface area (Å²) in [6.07, 6.45) is 4.89. The van der Waals surface area contributed by atoms with Crippen molar-refractivity contribution in [1.82, 2.24) is 0 Å². The minimum Gasteiger partial charge on any atom is -0.418 e. The fraction of sp³-hybridized carbons (Fsp3) is 0.500. The maximum absolute atomic E-state index is 5.96. The first-order chi connectivity index (χ1) is 9.30. The molecular weight excluding hydrogens is 252 g/mol. The lowest BCUT2D eigenvalue weighted by Crippen LogP contribution is -2.25. The number of ether oxygens (including phenoxy) is 1. The Bertz CT molecular complexity index is 348. The smallest absolute Gasteiger partial charge is 0.201 e. The van der Waals surface area contributed by atoms with E-state index in [9.17, 15) is 0 Å². The quantitative estimate of drug-likeness (QED) is 0.481. The largest absolute Gasteiger partial charge is 0.418 e. The standard InChI is InChI=1S/C16H26O2Si/c1-4-15-9-11-16(12-10-15)8-7-13-18-19(6-3)14-17-5-2/h4,9-12,19H,1,5-8,13-14H2,2-3H3. The Kier molecular flexibility index (Phi) is 8.46. The molecule has 106 valence electrons. The third-order valence-corrected chi connectivity index (χ3v) is 5.37. The van der Waals surface area contributed by atoms with Crippen LogP contribution in [0.4, 0.5) is 0 Å². The van der Waals surface area contributed by atoms with Crippen molar-refractivity contribution >= 4 is 15.1 Å². The highest BCUT2D eigenvalue weighted by Crippen LogP contribution is 2.08. The summed E-state index contributed by atoms with van der Waals surface area (Å²) >= 11 is 0. The zero-order valence-corrected chi connectivity index (χ0v) is 13.4. The first-order valence-electron chi connectivity index (χ1n) is 7.20. The van der Waals surface area contributed by atoms with Gasteiger partial charge in [0.2, 0.25) is 9.04 Å². The molecule has 0 saturated carbocycles. The molecule has 2 nitrogen and oxygen atoms in total. The van der Waals surface area contributed by atoms with Gasteiger partial charge in [-0.1, -0.05) is 43.8 Å². The molecule has 0 aliphatic carbocycles. The van der Waals surface area contributed by atoms with Gasteiger partial charge in [-0.3, -0.25) is 0 Å².